The first-order valence-electron chi connectivity index (χ1n) is 3.23. The largest absolute Gasteiger partial charge is 1.00 e. The Kier molecular flexibility index (Phi) is 6.19. The summed E-state index contributed by atoms with van der Waals surface area (Å²) in [6.07, 6.45) is 1.56. The average Bonchev–Trinajstić information content (AvgIpc) is 2.05. The third-order valence-electron chi connectivity index (χ3n) is 1.32. The van der Waals surface area contributed by atoms with Crippen LogP contribution in [0.1, 0.15) is 12.5 Å². The van der Waals surface area contributed by atoms with Crippen LogP contribution in [0.15, 0.2) is 36.4 Å². The summed E-state index contributed by atoms with van der Waals surface area (Å²) in [6, 6.07) is 9.23. The fourth-order valence-corrected chi connectivity index (χ4v) is 0.769. The zero-order valence-corrected chi connectivity index (χ0v) is 10.00. The van der Waals surface area contributed by atoms with Crippen molar-refractivity contribution in [3.05, 3.63) is 42.0 Å². The molecule has 0 aliphatic heterocycles. The van der Waals surface area contributed by atoms with Crippen LogP contribution in [0.2, 0.25) is 0 Å². The van der Waals surface area contributed by atoms with E-state index in [1.165, 1.54) is 0 Å². The van der Waals surface area contributed by atoms with E-state index in [0.29, 0.717) is 0 Å². The molecular formula is C9H9KO. The molecule has 1 nitrogen and oxygen atoms in total. The third-order valence-corrected chi connectivity index (χ3v) is 1.32. The van der Waals surface area contributed by atoms with Gasteiger partial charge < -0.3 is 5.11 Å². The Morgan fingerprint density at radius 2 is 1.82 bits per heavy atom. The molecule has 0 spiro atoms. The van der Waals surface area contributed by atoms with Crippen molar-refractivity contribution in [3.8, 4) is 0 Å². The standard InChI is InChI=1S/C9H10O.K/c1-2-9(10)8-6-4-3-5-7-8;/h2-7,10H,1H3;/q;+1/p-1/b9-2-;. The van der Waals surface area contributed by atoms with Crippen LogP contribution in [-0.2, 0) is 0 Å². The molecule has 2 heteroatoms. The van der Waals surface area contributed by atoms with Crippen molar-refractivity contribution in [1.82, 2.24) is 0 Å². The second-order valence-corrected chi connectivity index (χ2v) is 2.02. The zero-order valence-electron chi connectivity index (χ0n) is 6.87. The van der Waals surface area contributed by atoms with E-state index in [2.05, 4.69) is 0 Å². The number of benzene rings is 1. The van der Waals surface area contributed by atoms with Crippen molar-refractivity contribution < 1.29 is 56.5 Å². The molecule has 0 bridgehead atoms. The van der Waals surface area contributed by atoms with Gasteiger partial charge in [-0.3, -0.25) is 0 Å². The molecule has 1 aromatic carbocycles. The maximum atomic E-state index is 11.0. The van der Waals surface area contributed by atoms with Crippen LogP contribution in [0.4, 0.5) is 0 Å². The van der Waals surface area contributed by atoms with Crippen molar-refractivity contribution in [2.45, 2.75) is 6.92 Å². The van der Waals surface area contributed by atoms with Gasteiger partial charge in [0.25, 0.3) is 0 Å². The third kappa shape index (κ3) is 3.54. The number of allylic oxidation sites excluding steroid dienone is 1. The minimum absolute atomic E-state index is 0. The predicted molar refractivity (Wildman–Crippen MR) is 40.1 cm³/mol. The summed E-state index contributed by atoms with van der Waals surface area (Å²) in [4.78, 5) is 0. The summed E-state index contributed by atoms with van der Waals surface area (Å²) >= 11 is 0. The monoisotopic (exact) mass is 172 g/mol. The maximum Gasteiger partial charge on any atom is 1.00 e. The van der Waals surface area contributed by atoms with Crippen LogP contribution in [-0.4, -0.2) is 0 Å². The van der Waals surface area contributed by atoms with Crippen LogP contribution >= 0.6 is 0 Å². The molecule has 0 aromatic heterocycles. The number of rotatable bonds is 1. The fraction of sp³-hybridized carbons (Fsp3) is 0.111. The molecule has 0 radical (unpaired) electrons. The van der Waals surface area contributed by atoms with Crippen LogP contribution < -0.4 is 56.5 Å². The second-order valence-electron chi connectivity index (χ2n) is 2.02. The molecule has 0 aliphatic carbocycles. The smallest absolute Gasteiger partial charge is 0.872 e. The van der Waals surface area contributed by atoms with Crippen molar-refractivity contribution in [1.29, 1.82) is 0 Å². The Hall–Kier alpha value is 0.396. The van der Waals surface area contributed by atoms with E-state index in [4.69, 9.17) is 0 Å². The second kappa shape index (κ2) is 5.97. The summed E-state index contributed by atoms with van der Waals surface area (Å²) < 4.78 is 0. The van der Waals surface area contributed by atoms with Crippen LogP contribution in [0.25, 0.3) is 5.76 Å². The molecule has 0 unspecified atom stereocenters. The van der Waals surface area contributed by atoms with E-state index in [1.807, 2.05) is 30.3 Å². The molecule has 0 fully saturated rings. The first-order valence-corrected chi connectivity index (χ1v) is 3.23. The van der Waals surface area contributed by atoms with Crippen molar-refractivity contribution in [3.63, 3.8) is 0 Å². The van der Waals surface area contributed by atoms with Gasteiger partial charge >= 0.3 is 51.4 Å². The molecule has 0 amide bonds. The zero-order chi connectivity index (χ0) is 7.40. The molecule has 1 rings (SSSR count). The summed E-state index contributed by atoms with van der Waals surface area (Å²) in [5.74, 6) is 0.0839. The SMILES string of the molecule is C/C=C(\[O-])c1ccccc1.[K+]. The Morgan fingerprint density at radius 1 is 1.27 bits per heavy atom. The topological polar surface area (TPSA) is 23.1 Å². The predicted octanol–water partition coefficient (Wildman–Crippen LogP) is -1.59. The molecule has 0 atom stereocenters. The molecular weight excluding hydrogens is 163 g/mol. The van der Waals surface area contributed by atoms with Crippen LogP contribution in [0.3, 0.4) is 0 Å². The molecule has 1 aromatic rings. The van der Waals surface area contributed by atoms with E-state index in [0.717, 1.165) is 5.56 Å². The maximum absolute atomic E-state index is 11.0. The van der Waals surface area contributed by atoms with Gasteiger partial charge in [-0.25, -0.2) is 0 Å². The van der Waals surface area contributed by atoms with Gasteiger partial charge in [0.2, 0.25) is 0 Å². The van der Waals surface area contributed by atoms with Gasteiger partial charge in [0.1, 0.15) is 0 Å². The summed E-state index contributed by atoms with van der Waals surface area (Å²) in [7, 11) is 0. The van der Waals surface area contributed by atoms with Crippen molar-refractivity contribution in [2.75, 3.05) is 0 Å². The van der Waals surface area contributed by atoms with Gasteiger partial charge in [-0.15, -0.1) is 5.76 Å². The minimum Gasteiger partial charge on any atom is -0.872 e. The van der Waals surface area contributed by atoms with Crippen molar-refractivity contribution in [2.24, 2.45) is 0 Å². The quantitative estimate of drug-likeness (QED) is 0.370. The molecule has 52 valence electrons. The molecule has 11 heavy (non-hydrogen) atoms. The van der Waals surface area contributed by atoms with E-state index < -0.39 is 0 Å². The Bertz CT molecular complexity index is 229. The van der Waals surface area contributed by atoms with Crippen molar-refractivity contribution >= 4 is 5.76 Å². The first-order chi connectivity index (χ1) is 4.84. The van der Waals surface area contributed by atoms with E-state index >= 15 is 0 Å². The average molecular weight is 172 g/mol. The Balaban J connectivity index is 0.000001000. The number of hydrogen-bond donors (Lipinski definition) is 0. The molecule has 0 heterocycles. The van der Waals surface area contributed by atoms with Gasteiger partial charge in [0, 0.05) is 0 Å². The van der Waals surface area contributed by atoms with Gasteiger partial charge in [0.15, 0.2) is 0 Å². The summed E-state index contributed by atoms with van der Waals surface area (Å²) in [5.41, 5.74) is 0.755. The summed E-state index contributed by atoms with van der Waals surface area (Å²) in [5, 5.41) is 11.0. The number of hydrogen-bond acceptors (Lipinski definition) is 1. The van der Waals surface area contributed by atoms with E-state index in [1.54, 1.807) is 13.0 Å². The van der Waals surface area contributed by atoms with E-state index in [-0.39, 0.29) is 57.1 Å². The minimum atomic E-state index is 0. The Labute approximate surface area is 110 Å². The fourth-order valence-electron chi connectivity index (χ4n) is 0.769. The first kappa shape index (κ1) is 11.4. The normalized spacial score (nSPS) is 10.5. The van der Waals surface area contributed by atoms with Crippen LogP contribution in [0.5, 0.6) is 0 Å². The van der Waals surface area contributed by atoms with Gasteiger partial charge in [-0.1, -0.05) is 36.4 Å². The van der Waals surface area contributed by atoms with Gasteiger partial charge in [-0.05, 0) is 12.5 Å². The van der Waals surface area contributed by atoms with E-state index in [9.17, 15) is 5.11 Å². The Morgan fingerprint density at radius 3 is 2.27 bits per heavy atom. The molecule has 0 saturated heterocycles. The van der Waals surface area contributed by atoms with Gasteiger partial charge in [0.05, 0.1) is 0 Å². The molecule has 0 saturated carbocycles. The van der Waals surface area contributed by atoms with Gasteiger partial charge in [-0.2, -0.15) is 0 Å². The molecule has 0 aliphatic rings. The molecule has 0 N–H and O–H groups in total. The summed E-state index contributed by atoms with van der Waals surface area (Å²) in [6.45, 7) is 1.75. The van der Waals surface area contributed by atoms with Crippen LogP contribution in [0, 0.1) is 0 Å².